The topological polar surface area (TPSA) is 58.8 Å². The molecule has 0 aliphatic carbocycles. The van der Waals surface area contributed by atoms with Gasteiger partial charge in [-0.25, -0.2) is 10.4 Å². The summed E-state index contributed by atoms with van der Waals surface area (Å²) >= 11 is 12.0. The van der Waals surface area contributed by atoms with Gasteiger partial charge in [0.1, 0.15) is 11.3 Å². The Balaban J connectivity index is 1.85. The first-order valence-electron chi connectivity index (χ1n) is 6.78. The van der Waals surface area contributed by atoms with Crippen molar-refractivity contribution in [2.45, 2.75) is 6.92 Å². The van der Waals surface area contributed by atoms with Gasteiger partial charge in [-0.3, -0.25) is 9.20 Å². The normalized spacial score (nSPS) is 11.3. The number of hydrazone groups is 1. The van der Waals surface area contributed by atoms with E-state index in [4.69, 9.17) is 23.2 Å². The van der Waals surface area contributed by atoms with Crippen molar-refractivity contribution in [2.24, 2.45) is 5.10 Å². The Kier molecular flexibility index (Phi) is 4.32. The number of benzene rings is 1. The number of rotatable bonds is 3. The highest BCUT2D eigenvalue weighted by Gasteiger charge is 2.16. The Bertz CT molecular complexity index is 918. The summed E-state index contributed by atoms with van der Waals surface area (Å²) in [4.78, 5) is 16.7. The number of fused-ring (bicyclic) bond motifs is 1. The largest absolute Gasteiger partial charge is 0.294 e. The molecule has 7 heteroatoms. The van der Waals surface area contributed by atoms with Crippen LogP contribution in [0.4, 0.5) is 0 Å². The number of aromatic nitrogens is 2. The zero-order valence-electron chi connectivity index (χ0n) is 12.1. The van der Waals surface area contributed by atoms with Crippen LogP contribution < -0.4 is 5.43 Å². The summed E-state index contributed by atoms with van der Waals surface area (Å²) in [5.41, 5.74) is 4.82. The molecular weight excluding hydrogens is 335 g/mol. The minimum absolute atomic E-state index is 0.374. The first kappa shape index (κ1) is 15.5. The monoisotopic (exact) mass is 346 g/mol. The van der Waals surface area contributed by atoms with Gasteiger partial charge in [0.2, 0.25) is 0 Å². The van der Waals surface area contributed by atoms with Crippen LogP contribution in [0.1, 0.15) is 21.7 Å². The molecule has 0 atom stereocenters. The van der Waals surface area contributed by atoms with E-state index in [2.05, 4.69) is 15.5 Å². The first-order chi connectivity index (χ1) is 11.1. The molecule has 3 rings (SSSR count). The summed E-state index contributed by atoms with van der Waals surface area (Å²) in [6, 6.07) is 10.7. The van der Waals surface area contributed by atoms with Gasteiger partial charge in [-0.15, -0.1) is 0 Å². The number of aryl methyl sites for hydroxylation is 1. The van der Waals surface area contributed by atoms with Crippen LogP contribution in [0.25, 0.3) is 5.65 Å². The van der Waals surface area contributed by atoms with Gasteiger partial charge < -0.3 is 0 Å². The lowest BCUT2D eigenvalue weighted by Crippen LogP contribution is -2.20. The van der Waals surface area contributed by atoms with Gasteiger partial charge in [0.05, 0.1) is 16.9 Å². The van der Waals surface area contributed by atoms with Crippen LogP contribution in [-0.4, -0.2) is 21.5 Å². The van der Waals surface area contributed by atoms with Crippen molar-refractivity contribution in [3.05, 3.63) is 69.6 Å². The van der Waals surface area contributed by atoms with E-state index in [0.29, 0.717) is 32.6 Å². The minimum atomic E-state index is -0.374. The Morgan fingerprint density at radius 1 is 1.26 bits per heavy atom. The number of hydrogen-bond donors (Lipinski definition) is 1. The summed E-state index contributed by atoms with van der Waals surface area (Å²) in [5.74, 6) is -0.374. The Morgan fingerprint density at radius 2 is 2.04 bits per heavy atom. The summed E-state index contributed by atoms with van der Waals surface area (Å²) in [7, 11) is 0. The standard InChI is InChI=1S/C16H12Cl2N4O/c1-10-15(22-9-12(17)6-7-14(22)20-10)16(23)21-19-8-11-4-2-3-5-13(11)18/h2-9H,1H3,(H,21,23)/b19-8+. The molecule has 0 spiro atoms. The van der Waals surface area contributed by atoms with Crippen molar-refractivity contribution in [2.75, 3.05) is 0 Å². The second kappa shape index (κ2) is 6.40. The lowest BCUT2D eigenvalue weighted by atomic mass is 10.2. The van der Waals surface area contributed by atoms with E-state index >= 15 is 0 Å². The molecule has 1 N–H and O–H groups in total. The molecule has 0 saturated heterocycles. The summed E-state index contributed by atoms with van der Waals surface area (Å²) in [5, 5.41) is 5.02. The molecule has 3 aromatic rings. The van der Waals surface area contributed by atoms with Crippen LogP contribution in [0.15, 0.2) is 47.7 Å². The van der Waals surface area contributed by atoms with E-state index in [1.54, 1.807) is 41.8 Å². The minimum Gasteiger partial charge on any atom is -0.294 e. The van der Waals surface area contributed by atoms with Crippen LogP contribution in [0.2, 0.25) is 10.0 Å². The SMILES string of the molecule is Cc1nc2ccc(Cl)cn2c1C(=O)N/N=C/c1ccccc1Cl. The second-order valence-corrected chi connectivity index (χ2v) is 5.69. The maximum absolute atomic E-state index is 12.4. The number of imidazole rings is 1. The van der Waals surface area contributed by atoms with Gasteiger partial charge in [0.25, 0.3) is 5.91 Å². The smallest absolute Gasteiger partial charge is 0.290 e. The average Bonchev–Trinajstić information content (AvgIpc) is 2.84. The molecule has 1 aromatic carbocycles. The third-order valence-corrected chi connectivity index (χ3v) is 3.81. The Hall–Kier alpha value is -2.37. The number of carbonyl (C=O) groups excluding carboxylic acids is 1. The zero-order valence-corrected chi connectivity index (χ0v) is 13.6. The number of pyridine rings is 1. The molecule has 0 aliphatic rings. The first-order valence-corrected chi connectivity index (χ1v) is 7.54. The van der Waals surface area contributed by atoms with Gasteiger partial charge in [0, 0.05) is 16.8 Å². The van der Waals surface area contributed by atoms with Crippen molar-refractivity contribution in [3.63, 3.8) is 0 Å². The van der Waals surface area contributed by atoms with Gasteiger partial charge >= 0.3 is 0 Å². The highest BCUT2D eigenvalue weighted by Crippen LogP contribution is 2.16. The molecule has 0 aliphatic heterocycles. The highest BCUT2D eigenvalue weighted by atomic mass is 35.5. The predicted molar refractivity (Wildman–Crippen MR) is 91.5 cm³/mol. The van der Waals surface area contributed by atoms with Crippen molar-refractivity contribution in [1.82, 2.24) is 14.8 Å². The molecule has 0 bridgehead atoms. The average molecular weight is 347 g/mol. The summed E-state index contributed by atoms with van der Waals surface area (Å²) in [6.07, 6.45) is 3.13. The van der Waals surface area contributed by atoms with Crippen LogP contribution in [0, 0.1) is 6.92 Å². The molecule has 116 valence electrons. The number of carbonyl (C=O) groups is 1. The van der Waals surface area contributed by atoms with Gasteiger partial charge in [0.15, 0.2) is 0 Å². The number of halogens is 2. The number of nitrogens with zero attached hydrogens (tertiary/aromatic N) is 3. The molecule has 1 amide bonds. The van der Waals surface area contributed by atoms with Crippen LogP contribution in [0.5, 0.6) is 0 Å². The molecule has 0 fully saturated rings. The van der Waals surface area contributed by atoms with Gasteiger partial charge in [-0.2, -0.15) is 5.10 Å². The molecule has 2 heterocycles. The third kappa shape index (κ3) is 3.21. The molecule has 0 saturated carbocycles. The Labute approximate surface area is 142 Å². The molecule has 0 radical (unpaired) electrons. The van der Waals surface area contributed by atoms with E-state index in [-0.39, 0.29) is 5.91 Å². The lowest BCUT2D eigenvalue weighted by molar-refractivity contribution is 0.0948. The van der Waals surface area contributed by atoms with Crippen LogP contribution in [0.3, 0.4) is 0 Å². The van der Waals surface area contributed by atoms with Crippen molar-refractivity contribution in [1.29, 1.82) is 0 Å². The quantitative estimate of drug-likeness (QED) is 0.580. The van der Waals surface area contributed by atoms with E-state index in [0.717, 1.165) is 0 Å². The lowest BCUT2D eigenvalue weighted by Gasteiger charge is -2.02. The van der Waals surface area contributed by atoms with E-state index in [1.165, 1.54) is 6.21 Å². The second-order valence-electron chi connectivity index (χ2n) is 4.84. The van der Waals surface area contributed by atoms with E-state index < -0.39 is 0 Å². The van der Waals surface area contributed by atoms with Crippen molar-refractivity contribution >= 4 is 41.0 Å². The van der Waals surface area contributed by atoms with Gasteiger partial charge in [-0.1, -0.05) is 41.4 Å². The van der Waals surface area contributed by atoms with Crippen molar-refractivity contribution in [3.8, 4) is 0 Å². The highest BCUT2D eigenvalue weighted by molar-refractivity contribution is 6.33. The molecule has 23 heavy (non-hydrogen) atoms. The fourth-order valence-corrected chi connectivity index (χ4v) is 2.55. The molecule has 5 nitrogen and oxygen atoms in total. The zero-order chi connectivity index (χ0) is 16.4. The maximum atomic E-state index is 12.4. The van der Waals surface area contributed by atoms with E-state index in [1.807, 2.05) is 12.1 Å². The fourth-order valence-electron chi connectivity index (χ4n) is 2.20. The van der Waals surface area contributed by atoms with Crippen LogP contribution in [-0.2, 0) is 0 Å². The molecule has 0 unspecified atom stereocenters. The van der Waals surface area contributed by atoms with Crippen molar-refractivity contribution < 1.29 is 4.79 Å². The third-order valence-electron chi connectivity index (χ3n) is 3.25. The molecule has 2 aromatic heterocycles. The summed E-state index contributed by atoms with van der Waals surface area (Å²) in [6.45, 7) is 1.76. The number of amides is 1. The number of nitrogens with one attached hydrogen (secondary N) is 1. The predicted octanol–water partition coefficient (Wildman–Crippen LogP) is 3.71. The van der Waals surface area contributed by atoms with Crippen LogP contribution >= 0.6 is 23.2 Å². The fraction of sp³-hybridized carbons (Fsp3) is 0.0625. The summed E-state index contributed by atoms with van der Waals surface area (Å²) < 4.78 is 1.64. The Morgan fingerprint density at radius 3 is 2.83 bits per heavy atom. The van der Waals surface area contributed by atoms with Gasteiger partial charge in [-0.05, 0) is 25.1 Å². The maximum Gasteiger partial charge on any atom is 0.290 e. The van der Waals surface area contributed by atoms with E-state index in [9.17, 15) is 4.79 Å². The molecular formula is C16H12Cl2N4O. The number of hydrogen-bond acceptors (Lipinski definition) is 3.